The molecule has 1 aromatic rings. The SMILES string of the molecule is CCc1ccc([C@@H](O)COC2=CC=C(CC3SC(=O)NC3=O)CC2)nc1. The summed E-state index contributed by atoms with van der Waals surface area (Å²) in [6.45, 7) is 2.21. The van der Waals surface area contributed by atoms with Crippen molar-refractivity contribution in [3.8, 4) is 0 Å². The number of aliphatic hydroxyl groups excluding tert-OH is 1. The molecule has 6 nitrogen and oxygen atoms in total. The highest BCUT2D eigenvalue weighted by atomic mass is 32.2. The largest absolute Gasteiger partial charge is 0.495 e. The van der Waals surface area contributed by atoms with Crippen LogP contribution in [0.3, 0.4) is 0 Å². The van der Waals surface area contributed by atoms with Crippen LogP contribution < -0.4 is 5.32 Å². The maximum Gasteiger partial charge on any atom is 0.286 e. The number of carbonyl (C=O) groups is 2. The lowest BCUT2D eigenvalue weighted by molar-refractivity contribution is -0.118. The molecule has 1 aliphatic heterocycles. The molecule has 7 heteroatoms. The highest BCUT2D eigenvalue weighted by molar-refractivity contribution is 8.15. The zero-order valence-corrected chi connectivity index (χ0v) is 15.4. The zero-order chi connectivity index (χ0) is 18.5. The Hall–Kier alpha value is -2.12. The van der Waals surface area contributed by atoms with Crippen LogP contribution in [0.25, 0.3) is 0 Å². The van der Waals surface area contributed by atoms with E-state index in [1.54, 1.807) is 6.20 Å². The van der Waals surface area contributed by atoms with Gasteiger partial charge in [0.2, 0.25) is 5.91 Å². The highest BCUT2D eigenvalue weighted by Crippen LogP contribution is 2.30. The van der Waals surface area contributed by atoms with Crippen molar-refractivity contribution in [2.24, 2.45) is 0 Å². The van der Waals surface area contributed by atoms with Crippen molar-refractivity contribution in [2.75, 3.05) is 6.61 Å². The number of hydrogen-bond donors (Lipinski definition) is 2. The maximum absolute atomic E-state index is 11.6. The number of aryl methyl sites for hydroxylation is 1. The molecule has 0 radical (unpaired) electrons. The molecule has 2 heterocycles. The first-order valence-electron chi connectivity index (χ1n) is 8.71. The first-order chi connectivity index (χ1) is 12.5. The Morgan fingerprint density at radius 2 is 2.19 bits per heavy atom. The Balaban J connectivity index is 1.49. The first kappa shape index (κ1) is 18.7. The Bertz CT molecular complexity index is 742. The first-order valence-corrected chi connectivity index (χ1v) is 9.59. The minimum Gasteiger partial charge on any atom is -0.495 e. The van der Waals surface area contributed by atoms with Gasteiger partial charge in [-0.2, -0.15) is 0 Å². The van der Waals surface area contributed by atoms with Crippen molar-refractivity contribution < 1.29 is 19.4 Å². The Kier molecular flexibility index (Phi) is 6.11. The molecule has 2 aliphatic rings. The van der Waals surface area contributed by atoms with Crippen molar-refractivity contribution in [3.63, 3.8) is 0 Å². The smallest absolute Gasteiger partial charge is 0.286 e. The summed E-state index contributed by atoms with van der Waals surface area (Å²) in [6.07, 6.45) is 7.80. The third-order valence-corrected chi connectivity index (χ3v) is 5.42. The lowest BCUT2D eigenvalue weighted by Crippen LogP contribution is -2.24. The second-order valence-corrected chi connectivity index (χ2v) is 7.49. The molecule has 1 aliphatic carbocycles. The minimum absolute atomic E-state index is 0.156. The Labute approximate surface area is 156 Å². The van der Waals surface area contributed by atoms with Crippen LogP contribution in [-0.4, -0.2) is 33.1 Å². The third kappa shape index (κ3) is 4.74. The average molecular weight is 374 g/mol. The molecule has 1 unspecified atom stereocenters. The van der Waals surface area contributed by atoms with Gasteiger partial charge in [0.05, 0.1) is 16.7 Å². The molecule has 2 atom stereocenters. The number of aliphatic hydroxyl groups is 1. The van der Waals surface area contributed by atoms with Crippen molar-refractivity contribution in [3.05, 3.63) is 53.1 Å². The van der Waals surface area contributed by atoms with Crippen LogP contribution in [0.2, 0.25) is 0 Å². The second-order valence-electron chi connectivity index (χ2n) is 6.32. The molecule has 2 N–H and O–H groups in total. The van der Waals surface area contributed by atoms with Crippen molar-refractivity contribution in [2.45, 2.75) is 44.0 Å². The van der Waals surface area contributed by atoms with Crippen molar-refractivity contribution in [1.82, 2.24) is 10.3 Å². The van der Waals surface area contributed by atoms with E-state index in [-0.39, 0.29) is 23.0 Å². The fourth-order valence-corrected chi connectivity index (χ4v) is 3.71. The molecule has 0 bridgehead atoms. The number of rotatable bonds is 7. The van der Waals surface area contributed by atoms with E-state index < -0.39 is 6.10 Å². The van der Waals surface area contributed by atoms with E-state index in [2.05, 4.69) is 17.2 Å². The topological polar surface area (TPSA) is 88.5 Å². The number of nitrogens with zero attached hydrogens (tertiary/aromatic N) is 1. The number of imide groups is 1. The molecule has 0 saturated carbocycles. The van der Waals surface area contributed by atoms with Crippen molar-refractivity contribution in [1.29, 1.82) is 0 Å². The summed E-state index contributed by atoms with van der Waals surface area (Å²) in [5.41, 5.74) is 2.85. The van der Waals surface area contributed by atoms with Gasteiger partial charge in [-0.3, -0.25) is 19.9 Å². The number of thioether (sulfide) groups is 1. The van der Waals surface area contributed by atoms with E-state index >= 15 is 0 Å². The fourth-order valence-electron chi connectivity index (χ4n) is 2.83. The van der Waals surface area contributed by atoms with Crippen molar-refractivity contribution >= 4 is 22.9 Å². The van der Waals surface area contributed by atoms with Crippen LogP contribution >= 0.6 is 11.8 Å². The molecular weight excluding hydrogens is 352 g/mol. The number of amides is 2. The number of allylic oxidation sites excluding steroid dienone is 4. The number of ether oxygens (including phenoxy) is 1. The number of pyridine rings is 1. The van der Waals surface area contributed by atoms with E-state index in [1.807, 2.05) is 24.3 Å². The van der Waals surface area contributed by atoms with E-state index in [1.165, 1.54) is 0 Å². The van der Waals surface area contributed by atoms with Gasteiger partial charge < -0.3 is 9.84 Å². The molecule has 0 spiro atoms. The molecule has 2 amide bonds. The molecule has 1 aromatic heterocycles. The van der Waals surface area contributed by atoms with Crippen LogP contribution in [0.4, 0.5) is 4.79 Å². The van der Waals surface area contributed by atoms with Gasteiger partial charge >= 0.3 is 0 Å². The van der Waals surface area contributed by atoms with Crippen LogP contribution in [0.1, 0.15) is 43.5 Å². The van der Waals surface area contributed by atoms with Crippen LogP contribution in [0.15, 0.2) is 41.8 Å². The normalized spacial score (nSPS) is 21.1. The third-order valence-electron chi connectivity index (χ3n) is 4.44. The average Bonchev–Trinajstić information content (AvgIpc) is 2.98. The van der Waals surface area contributed by atoms with Gasteiger partial charge in [-0.25, -0.2) is 0 Å². The summed E-state index contributed by atoms with van der Waals surface area (Å²) >= 11 is 1.05. The minimum atomic E-state index is -0.767. The predicted molar refractivity (Wildman–Crippen MR) is 99.5 cm³/mol. The number of hydrogen-bond acceptors (Lipinski definition) is 6. The Morgan fingerprint density at radius 1 is 1.35 bits per heavy atom. The van der Waals surface area contributed by atoms with Crippen LogP contribution in [-0.2, 0) is 16.0 Å². The molecule has 26 heavy (non-hydrogen) atoms. The lowest BCUT2D eigenvalue weighted by atomic mass is 9.99. The zero-order valence-electron chi connectivity index (χ0n) is 14.6. The van der Waals surface area contributed by atoms with Gasteiger partial charge in [0.25, 0.3) is 5.24 Å². The van der Waals surface area contributed by atoms with Gasteiger partial charge in [-0.05, 0) is 37.0 Å². The quantitative estimate of drug-likeness (QED) is 0.763. The van der Waals surface area contributed by atoms with E-state index in [9.17, 15) is 14.7 Å². The summed E-state index contributed by atoms with van der Waals surface area (Å²) < 4.78 is 5.70. The van der Waals surface area contributed by atoms with E-state index in [4.69, 9.17) is 4.74 Å². The molecule has 138 valence electrons. The van der Waals surface area contributed by atoms with Gasteiger partial charge in [0, 0.05) is 12.6 Å². The summed E-state index contributed by atoms with van der Waals surface area (Å²) in [7, 11) is 0. The second kappa shape index (κ2) is 8.51. The van der Waals surface area contributed by atoms with Gasteiger partial charge in [0.15, 0.2) is 0 Å². The summed E-state index contributed by atoms with van der Waals surface area (Å²) in [5, 5.41) is 11.9. The van der Waals surface area contributed by atoms with Gasteiger partial charge in [-0.1, -0.05) is 36.4 Å². The summed E-state index contributed by atoms with van der Waals surface area (Å²) in [6, 6.07) is 3.79. The monoisotopic (exact) mass is 374 g/mol. The fraction of sp³-hybridized carbons (Fsp3) is 0.421. The van der Waals surface area contributed by atoms with Gasteiger partial charge in [0.1, 0.15) is 12.7 Å². The van der Waals surface area contributed by atoms with Gasteiger partial charge in [-0.15, -0.1) is 0 Å². The lowest BCUT2D eigenvalue weighted by Gasteiger charge is -2.18. The van der Waals surface area contributed by atoms with Crippen LogP contribution in [0.5, 0.6) is 0 Å². The predicted octanol–water partition coefficient (Wildman–Crippen LogP) is 3.04. The number of carbonyl (C=O) groups excluding carboxylic acids is 2. The van der Waals surface area contributed by atoms with E-state index in [0.717, 1.165) is 41.5 Å². The van der Waals surface area contributed by atoms with E-state index in [0.29, 0.717) is 18.5 Å². The molecule has 3 rings (SSSR count). The standard InChI is InChI=1S/C19H22N2O4S/c1-2-12-5-8-15(20-10-12)16(22)11-25-14-6-3-13(4-7-14)9-17-18(23)21-19(24)26-17/h3,5-6,8,10,16-17,22H,2,4,7,9,11H2,1H3,(H,21,23,24)/t16-,17?/m0/s1. The molecule has 1 saturated heterocycles. The summed E-state index contributed by atoms with van der Waals surface area (Å²) in [5.74, 6) is 0.592. The molecule has 0 aromatic carbocycles. The molecular formula is C19H22N2O4S. The Morgan fingerprint density at radius 3 is 2.77 bits per heavy atom. The van der Waals surface area contributed by atoms with Crippen LogP contribution in [0, 0.1) is 0 Å². The summed E-state index contributed by atoms with van der Waals surface area (Å²) in [4.78, 5) is 27.1. The number of nitrogens with one attached hydrogen (secondary N) is 1. The maximum atomic E-state index is 11.6. The number of aromatic nitrogens is 1. The highest BCUT2D eigenvalue weighted by Gasteiger charge is 2.32. The molecule has 1 fully saturated rings.